The van der Waals surface area contributed by atoms with Crippen LogP contribution in [-0.2, 0) is 4.74 Å². The van der Waals surface area contributed by atoms with Crippen molar-refractivity contribution in [3.8, 4) is 0 Å². The van der Waals surface area contributed by atoms with E-state index in [2.05, 4.69) is 5.32 Å². The third-order valence-corrected chi connectivity index (χ3v) is 2.92. The van der Waals surface area contributed by atoms with Gasteiger partial charge in [-0.3, -0.25) is 4.79 Å². The number of rotatable bonds is 7. The molecule has 1 aromatic rings. The highest BCUT2D eigenvalue weighted by molar-refractivity contribution is 7.12. The predicted molar refractivity (Wildman–Crippen MR) is 67.0 cm³/mol. The molecule has 0 bridgehead atoms. The number of ether oxygens (including phenoxy) is 1. The van der Waals surface area contributed by atoms with Gasteiger partial charge in [-0.25, -0.2) is 0 Å². The van der Waals surface area contributed by atoms with Crippen LogP contribution in [0.4, 0.5) is 0 Å². The van der Waals surface area contributed by atoms with Crippen LogP contribution in [0, 0.1) is 0 Å². The van der Waals surface area contributed by atoms with Crippen molar-refractivity contribution in [3.05, 3.63) is 22.4 Å². The van der Waals surface area contributed by atoms with Gasteiger partial charge in [-0.15, -0.1) is 11.3 Å². The van der Waals surface area contributed by atoms with Gasteiger partial charge in [0.1, 0.15) is 0 Å². The molecule has 16 heavy (non-hydrogen) atoms. The third-order valence-electron chi connectivity index (χ3n) is 2.05. The fourth-order valence-electron chi connectivity index (χ4n) is 1.24. The van der Waals surface area contributed by atoms with Crippen LogP contribution in [0.1, 0.15) is 36.4 Å². The Morgan fingerprint density at radius 2 is 2.31 bits per heavy atom. The number of nitrogens with one attached hydrogen (secondary N) is 1. The second kappa shape index (κ2) is 7.41. The standard InChI is InChI=1S/C12H19NO2S/c1-10(2)15-8-4-3-7-13-12(14)11-6-5-9-16-11/h5-6,9-10H,3-4,7-8H2,1-2H3,(H,13,14). The van der Waals surface area contributed by atoms with E-state index < -0.39 is 0 Å². The molecule has 0 fully saturated rings. The summed E-state index contributed by atoms with van der Waals surface area (Å²) >= 11 is 1.47. The molecule has 0 aromatic carbocycles. The van der Waals surface area contributed by atoms with E-state index in [1.54, 1.807) is 0 Å². The molecule has 1 rings (SSSR count). The molecular formula is C12H19NO2S. The van der Waals surface area contributed by atoms with Gasteiger partial charge in [-0.2, -0.15) is 0 Å². The minimum absolute atomic E-state index is 0.0276. The largest absolute Gasteiger partial charge is 0.379 e. The summed E-state index contributed by atoms with van der Waals surface area (Å²) in [7, 11) is 0. The SMILES string of the molecule is CC(C)OCCCCNC(=O)c1cccs1. The Balaban J connectivity index is 2.01. The molecule has 0 atom stereocenters. The van der Waals surface area contributed by atoms with Crippen LogP contribution in [0.2, 0.25) is 0 Å². The number of thiophene rings is 1. The number of carbonyl (C=O) groups excluding carboxylic acids is 1. The maximum atomic E-state index is 11.5. The lowest BCUT2D eigenvalue weighted by Crippen LogP contribution is -2.23. The van der Waals surface area contributed by atoms with E-state index >= 15 is 0 Å². The highest BCUT2D eigenvalue weighted by atomic mass is 32.1. The van der Waals surface area contributed by atoms with E-state index in [-0.39, 0.29) is 5.91 Å². The number of hydrogen-bond acceptors (Lipinski definition) is 3. The van der Waals surface area contributed by atoms with Gasteiger partial charge in [-0.1, -0.05) is 6.07 Å². The second-order valence-corrected chi connectivity index (χ2v) is 4.81. The van der Waals surface area contributed by atoms with E-state index in [0.717, 1.165) is 30.9 Å². The first-order valence-electron chi connectivity index (χ1n) is 5.63. The fraction of sp³-hybridized carbons (Fsp3) is 0.583. The first kappa shape index (κ1) is 13.2. The molecule has 1 aromatic heterocycles. The van der Waals surface area contributed by atoms with Crippen molar-refractivity contribution in [2.75, 3.05) is 13.2 Å². The first-order valence-corrected chi connectivity index (χ1v) is 6.51. The van der Waals surface area contributed by atoms with Crippen LogP contribution in [0.25, 0.3) is 0 Å². The van der Waals surface area contributed by atoms with E-state index in [4.69, 9.17) is 4.74 Å². The van der Waals surface area contributed by atoms with Crippen molar-refractivity contribution >= 4 is 17.2 Å². The second-order valence-electron chi connectivity index (χ2n) is 3.86. The molecule has 0 spiro atoms. The zero-order chi connectivity index (χ0) is 11.8. The van der Waals surface area contributed by atoms with Crippen LogP contribution in [0.3, 0.4) is 0 Å². The summed E-state index contributed by atoms with van der Waals surface area (Å²) in [4.78, 5) is 12.3. The molecule has 0 aliphatic rings. The Morgan fingerprint density at radius 3 is 2.94 bits per heavy atom. The van der Waals surface area contributed by atoms with Crippen LogP contribution in [-0.4, -0.2) is 25.2 Å². The number of unbranched alkanes of at least 4 members (excludes halogenated alkanes) is 1. The van der Waals surface area contributed by atoms with Gasteiger partial charge in [0.15, 0.2) is 0 Å². The fourth-order valence-corrected chi connectivity index (χ4v) is 1.88. The smallest absolute Gasteiger partial charge is 0.261 e. The van der Waals surface area contributed by atoms with Crippen molar-refractivity contribution in [2.45, 2.75) is 32.8 Å². The summed E-state index contributed by atoms with van der Waals surface area (Å²) < 4.78 is 5.41. The van der Waals surface area contributed by atoms with Crippen molar-refractivity contribution in [3.63, 3.8) is 0 Å². The topological polar surface area (TPSA) is 38.3 Å². The summed E-state index contributed by atoms with van der Waals surface area (Å²) in [6, 6.07) is 3.72. The van der Waals surface area contributed by atoms with Gasteiger partial charge < -0.3 is 10.1 Å². The lowest BCUT2D eigenvalue weighted by Gasteiger charge is -2.07. The van der Waals surface area contributed by atoms with E-state index in [0.29, 0.717) is 6.10 Å². The highest BCUT2D eigenvalue weighted by Gasteiger charge is 2.04. The molecule has 0 radical (unpaired) electrons. The van der Waals surface area contributed by atoms with Crippen LogP contribution >= 0.6 is 11.3 Å². The minimum atomic E-state index is 0.0276. The van der Waals surface area contributed by atoms with Gasteiger partial charge in [0.05, 0.1) is 11.0 Å². The summed E-state index contributed by atoms with van der Waals surface area (Å²) in [5.74, 6) is 0.0276. The molecule has 1 heterocycles. The molecule has 4 heteroatoms. The Kier molecular flexibility index (Phi) is 6.11. The Bertz CT molecular complexity index is 296. The quantitative estimate of drug-likeness (QED) is 0.745. The van der Waals surface area contributed by atoms with Crippen molar-refractivity contribution in [1.82, 2.24) is 5.32 Å². The van der Waals surface area contributed by atoms with Crippen LogP contribution in [0.15, 0.2) is 17.5 Å². The number of carbonyl (C=O) groups is 1. The Hall–Kier alpha value is -0.870. The van der Waals surface area contributed by atoms with E-state index in [1.807, 2.05) is 31.4 Å². The van der Waals surface area contributed by atoms with E-state index in [1.165, 1.54) is 11.3 Å². The number of amides is 1. The van der Waals surface area contributed by atoms with Crippen LogP contribution < -0.4 is 5.32 Å². The summed E-state index contributed by atoms with van der Waals surface area (Å²) in [5.41, 5.74) is 0. The molecule has 1 N–H and O–H groups in total. The van der Waals surface area contributed by atoms with Gasteiger partial charge in [-0.05, 0) is 38.1 Å². The first-order chi connectivity index (χ1) is 7.70. The van der Waals surface area contributed by atoms with Gasteiger partial charge in [0, 0.05) is 13.2 Å². The average Bonchev–Trinajstić information content (AvgIpc) is 2.75. The van der Waals surface area contributed by atoms with Crippen molar-refractivity contribution in [2.24, 2.45) is 0 Å². The van der Waals surface area contributed by atoms with Crippen molar-refractivity contribution < 1.29 is 9.53 Å². The zero-order valence-electron chi connectivity index (χ0n) is 9.86. The monoisotopic (exact) mass is 241 g/mol. The molecular weight excluding hydrogens is 222 g/mol. The Labute approximate surface area is 101 Å². The van der Waals surface area contributed by atoms with Crippen LogP contribution in [0.5, 0.6) is 0 Å². The van der Waals surface area contributed by atoms with Gasteiger partial charge in [0.25, 0.3) is 5.91 Å². The summed E-state index contributed by atoms with van der Waals surface area (Å²) in [6.07, 6.45) is 2.24. The molecule has 0 aliphatic heterocycles. The molecule has 0 saturated carbocycles. The van der Waals surface area contributed by atoms with E-state index in [9.17, 15) is 4.79 Å². The molecule has 3 nitrogen and oxygen atoms in total. The predicted octanol–water partition coefficient (Wildman–Crippen LogP) is 2.68. The maximum absolute atomic E-state index is 11.5. The third kappa shape index (κ3) is 5.28. The Morgan fingerprint density at radius 1 is 1.50 bits per heavy atom. The molecule has 0 unspecified atom stereocenters. The highest BCUT2D eigenvalue weighted by Crippen LogP contribution is 2.07. The summed E-state index contributed by atoms with van der Waals surface area (Å²) in [6.45, 7) is 5.54. The lowest BCUT2D eigenvalue weighted by atomic mass is 10.3. The molecule has 90 valence electrons. The molecule has 1 amide bonds. The summed E-state index contributed by atoms with van der Waals surface area (Å²) in [5, 5.41) is 4.80. The number of hydrogen-bond donors (Lipinski definition) is 1. The maximum Gasteiger partial charge on any atom is 0.261 e. The minimum Gasteiger partial charge on any atom is -0.379 e. The molecule has 0 aliphatic carbocycles. The van der Waals surface area contributed by atoms with Gasteiger partial charge in [0.2, 0.25) is 0 Å². The van der Waals surface area contributed by atoms with Gasteiger partial charge >= 0.3 is 0 Å². The zero-order valence-corrected chi connectivity index (χ0v) is 10.7. The normalized spacial score (nSPS) is 10.7. The molecule has 0 saturated heterocycles. The average molecular weight is 241 g/mol. The van der Waals surface area contributed by atoms with Crippen molar-refractivity contribution in [1.29, 1.82) is 0 Å². The lowest BCUT2D eigenvalue weighted by molar-refractivity contribution is 0.0754.